The molecule has 0 amide bonds. The molecule has 3 atom stereocenters. The van der Waals surface area contributed by atoms with Gasteiger partial charge in [0.25, 0.3) is 5.69 Å². The first-order valence-corrected chi connectivity index (χ1v) is 8.44. The number of para-hydroxylation sites is 1. The summed E-state index contributed by atoms with van der Waals surface area (Å²) in [6, 6.07) is 6.38. The van der Waals surface area contributed by atoms with E-state index in [1.54, 1.807) is 18.2 Å². The average Bonchev–Trinajstić information content (AvgIpc) is 2.50. The topological polar surface area (TPSA) is 89.5 Å². The van der Waals surface area contributed by atoms with Crippen molar-refractivity contribution in [3.63, 3.8) is 0 Å². The second-order valence-electron chi connectivity index (χ2n) is 7.02. The monoisotopic (exact) mass is 335 g/mol. The van der Waals surface area contributed by atoms with Gasteiger partial charge in [-0.2, -0.15) is 0 Å². The van der Waals surface area contributed by atoms with Crippen molar-refractivity contribution in [1.29, 1.82) is 0 Å². The number of nitrogens with zero attached hydrogens (tertiary/aromatic N) is 3. The lowest BCUT2D eigenvalue weighted by atomic mass is 9.90. The number of hydrogen-bond donors (Lipinski definition) is 0. The molecule has 0 spiro atoms. The molecule has 1 fully saturated rings. The van der Waals surface area contributed by atoms with Gasteiger partial charge in [-0.1, -0.05) is 32.0 Å². The van der Waals surface area contributed by atoms with Gasteiger partial charge in [-0.3, -0.25) is 20.2 Å². The van der Waals surface area contributed by atoms with Gasteiger partial charge in [0.05, 0.1) is 10.8 Å². The highest BCUT2D eigenvalue weighted by Crippen LogP contribution is 2.30. The molecule has 24 heavy (non-hydrogen) atoms. The zero-order valence-electron chi connectivity index (χ0n) is 14.3. The Kier molecular flexibility index (Phi) is 6.25. The van der Waals surface area contributed by atoms with Crippen LogP contribution in [0.2, 0.25) is 0 Å². The third-order valence-corrected chi connectivity index (χ3v) is 4.68. The van der Waals surface area contributed by atoms with E-state index in [4.69, 9.17) is 0 Å². The van der Waals surface area contributed by atoms with E-state index in [0.717, 1.165) is 19.6 Å². The molecular formula is C17H25N3O4. The molecule has 1 heterocycles. The van der Waals surface area contributed by atoms with Crippen molar-refractivity contribution >= 4 is 5.69 Å². The van der Waals surface area contributed by atoms with Crippen LogP contribution in [0.1, 0.15) is 38.2 Å². The lowest BCUT2D eigenvalue weighted by Crippen LogP contribution is -2.39. The Morgan fingerprint density at radius 2 is 1.79 bits per heavy atom. The number of benzene rings is 1. The van der Waals surface area contributed by atoms with E-state index in [2.05, 4.69) is 18.7 Å². The quantitative estimate of drug-likeness (QED) is 0.563. The molecule has 0 radical (unpaired) electrons. The lowest BCUT2D eigenvalue weighted by Gasteiger charge is -2.35. The van der Waals surface area contributed by atoms with Crippen molar-refractivity contribution in [3.8, 4) is 0 Å². The largest absolute Gasteiger partial charge is 0.303 e. The Labute approximate surface area is 142 Å². The van der Waals surface area contributed by atoms with Gasteiger partial charge >= 0.3 is 0 Å². The van der Waals surface area contributed by atoms with Crippen LogP contribution in [-0.4, -0.2) is 40.9 Å². The van der Waals surface area contributed by atoms with E-state index in [0.29, 0.717) is 23.8 Å². The van der Waals surface area contributed by atoms with Crippen LogP contribution in [0, 0.1) is 32.1 Å². The Morgan fingerprint density at radius 1 is 1.17 bits per heavy atom. The van der Waals surface area contributed by atoms with E-state index < -0.39 is 10.8 Å². The van der Waals surface area contributed by atoms with Crippen molar-refractivity contribution in [2.24, 2.45) is 11.8 Å². The molecule has 0 aliphatic carbocycles. The molecule has 2 rings (SSSR count). The maximum Gasteiger partial charge on any atom is 0.273 e. The molecule has 1 saturated heterocycles. The van der Waals surface area contributed by atoms with Crippen molar-refractivity contribution in [1.82, 2.24) is 4.90 Å². The zero-order valence-corrected chi connectivity index (χ0v) is 14.3. The Bertz CT molecular complexity index is 583. The summed E-state index contributed by atoms with van der Waals surface area (Å²) in [6.07, 6.45) is 1.77. The fourth-order valence-corrected chi connectivity index (χ4v) is 3.84. The first-order chi connectivity index (χ1) is 11.4. The van der Waals surface area contributed by atoms with E-state index >= 15 is 0 Å². The van der Waals surface area contributed by atoms with E-state index in [1.807, 2.05) is 0 Å². The van der Waals surface area contributed by atoms with Gasteiger partial charge in [0.2, 0.25) is 6.54 Å². The summed E-state index contributed by atoms with van der Waals surface area (Å²) >= 11 is 0. The normalized spacial score (nSPS) is 22.9. The molecule has 0 aromatic heterocycles. The molecule has 7 nitrogen and oxygen atoms in total. The second kappa shape index (κ2) is 8.19. The fourth-order valence-electron chi connectivity index (χ4n) is 3.84. The molecule has 1 aromatic carbocycles. The zero-order chi connectivity index (χ0) is 17.7. The first-order valence-electron chi connectivity index (χ1n) is 8.44. The van der Waals surface area contributed by atoms with Crippen LogP contribution in [-0.2, 0) is 0 Å². The summed E-state index contributed by atoms with van der Waals surface area (Å²) in [5.41, 5.74) is 0.446. The third kappa shape index (κ3) is 4.99. The number of hydrogen-bond acceptors (Lipinski definition) is 5. The van der Waals surface area contributed by atoms with Crippen LogP contribution in [0.3, 0.4) is 0 Å². The van der Waals surface area contributed by atoms with E-state index in [-0.39, 0.29) is 17.2 Å². The minimum atomic E-state index is -0.451. The SMILES string of the molecule is C[C@H]1C[C@H](C)CN(CC[C@@H](C[N+](=O)[O-])c2ccccc2[N+](=O)[O-])C1. The van der Waals surface area contributed by atoms with Crippen LogP contribution in [0.5, 0.6) is 0 Å². The summed E-state index contributed by atoms with van der Waals surface area (Å²) in [5.74, 6) is 0.802. The highest BCUT2D eigenvalue weighted by atomic mass is 16.6. The molecule has 1 aliphatic heterocycles. The number of rotatable bonds is 7. The molecule has 132 valence electrons. The maximum absolute atomic E-state index is 11.2. The number of piperidine rings is 1. The molecule has 0 unspecified atom stereocenters. The molecule has 0 saturated carbocycles. The van der Waals surface area contributed by atoms with E-state index in [9.17, 15) is 20.2 Å². The maximum atomic E-state index is 11.2. The molecular weight excluding hydrogens is 310 g/mol. The summed E-state index contributed by atoms with van der Waals surface area (Å²) in [4.78, 5) is 23.8. The van der Waals surface area contributed by atoms with Gasteiger partial charge < -0.3 is 4.90 Å². The fraction of sp³-hybridized carbons (Fsp3) is 0.647. The van der Waals surface area contributed by atoms with Crippen LogP contribution < -0.4 is 0 Å². The molecule has 0 bridgehead atoms. The summed E-state index contributed by atoms with van der Waals surface area (Å²) < 4.78 is 0. The van der Waals surface area contributed by atoms with Crippen molar-refractivity contribution < 1.29 is 9.85 Å². The van der Waals surface area contributed by atoms with Gasteiger partial charge in [-0.15, -0.1) is 0 Å². The minimum Gasteiger partial charge on any atom is -0.303 e. The summed E-state index contributed by atoms with van der Waals surface area (Å²) in [6.45, 7) is 6.89. The van der Waals surface area contributed by atoms with Gasteiger partial charge in [-0.05, 0) is 31.2 Å². The van der Waals surface area contributed by atoms with Crippen LogP contribution in [0.4, 0.5) is 5.69 Å². The highest BCUT2D eigenvalue weighted by molar-refractivity contribution is 5.42. The van der Waals surface area contributed by atoms with Gasteiger partial charge in [0, 0.05) is 29.6 Å². The van der Waals surface area contributed by atoms with Crippen molar-refractivity contribution in [3.05, 3.63) is 50.1 Å². The number of likely N-dealkylation sites (tertiary alicyclic amines) is 1. The molecule has 0 N–H and O–H groups in total. The average molecular weight is 335 g/mol. The van der Waals surface area contributed by atoms with Crippen molar-refractivity contribution in [2.75, 3.05) is 26.2 Å². The molecule has 7 heteroatoms. The number of nitro benzene ring substituents is 1. The Balaban J connectivity index is 2.12. The van der Waals surface area contributed by atoms with Gasteiger partial charge in [0.15, 0.2) is 0 Å². The standard InChI is InChI=1S/C17H25N3O4/c1-13-9-14(2)11-18(10-13)8-7-15(12-19(21)22)16-5-3-4-6-17(16)20(23)24/h3-6,13-15H,7-12H2,1-2H3/t13-,14-,15-/m0/s1. The Morgan fingerprint density at radius 3 is 2.38 bits per heavy atom. The highest BCUT2D eigenvalue weighted by Gasteiger charge is 2.28. The minimum absolute atomic E-state index is 0.0234. The van der Waals surface area contributed by atoms with Crippen LogP contribution >= 0.6 is 0 Å². The second-order valence-corrected chi connectivity index (χ2v) is 7.02. The number of nitro groups is 2. The molecule has 1 aromatic rings. The Hall–Kier alpha value is -2.02. The smallest absolute Gasteiger partial charge is 0.273 e. The predicted octanol–water partition coefficient (Wildman–Crippen LogP) is 3.32. The lowest BCUT2D eigenvalue weighted by molar-refractivity contribution is -0.484. The predicted molar refractivity (Wildman–Crippen MR) is 91.7 cm³/mol. The van der Waals surface area contributed by atoms with Gasteiger partial charge in [0.1, 0.15) is 0 Å². The summed E-state index contributed by atoms with van der Waals surface area (Å²) in [5, 5.41) is 22.3. The van der Waals surface area contributed by atoms with Gasteiger partial charge in [-0.25, -0.2) is 0 Å². The van der Waals surface area contributed by atoms with E-state index in [1.165, 1.54) is 12.5 Å². The summed E-state index contributed by atoms with van der Waals surface area (Å²) in [7, 11) is 0. The first kappa shape index (κ1) is 18.3. The third-order valence-electron chi connectivity index (χ3n) is 4.68. The van der Waals surface area contributed by atoms with Crippen LogP contribution in [0.25, 0.3) is 0 Å². The molecule has 1 aliphatic rings. The van der Waals surface area contributed by atoms with Crippen molar-refractivity contribution in [2.45, 2.75) is 32.6 Å². The van der Waals surface area contributed by atoms with Crippen LogP contribution in [0.15, 0.2) is 24.3 Å².